The van der Waals surface area contributed by atoms with Crippen LogP contribution in [0.4, 0.5) is 17.5 Å². The molecule has 0 radical (unpaired) electrons. The van der Waals surface area contributed by atoms with E-state index in [4.69, 9.17) is 9.97 Å². The molecule has 5 rings (SSSR count). The lowest BCUT2D eigenvalue weighted by Gasteiger charge is -2.36. The number of piperazine rings is 1. The van der Waals surface area contributed by atoms with Crippen molar-refractivity contribution in [2.75, 3.05) is 41.3 Å². The molecule has 1 fully saturated rings. The van der Waals surface area contributed by atoms with Crippen LogP contribution in [0.2, 0.25) is 0 Å². The van der Waals surface area contributed by atoms with Gasteiger partial charge in [-0.05, 0) is 36.8 Å². The van der Waals surface area contributed by atoms with Gasteiger partial charge in [0.1, 0.15) is 5.82 Å². The second-order valence-electron chi connectivity index (χ2n) is 8.04. The predicted octanol–water partition coefficient (Wildman–Crippen LogP) is 4.88. The van der Waals surface area contributed by atoms with Crippen molar-refractivity contribution in [3.8, 4) is 0 Å². The molecule has 5 heteroatoms. The third-order valence-corrected chi connectivity index (χ3v) is 5.86. The summed E-state index contributed by atoms with van der Waals surface area (Å²) in [5.74, 6) is 1.70. The zero-order valence-corrected chi connectivity index (χ0v) is 17.8. The van der Waals surface area contributed by atoms with Gasteiger partial charge in [-0.2, -0.15) is 4.98 Å². The lowest BCUT2D eigenvalue weighted by Crippen LogP contribution is -2.47. The van der Waals surface area contributed by atoms with E-state index in [9.17, 15) is 0 Å². The average Bonchev–Trinajstić information content (AvgIpc) is 2.83. The second-order valence-corrected chi connectivity index (χ2v) is 8.04. The lowest BCUT2D eigenvalue weighted by atomic mass is 10.2. The van der Waals surface area contributed by atoms with Crippen molar-refractivity contribution in [3.63, 3.8) is 0 Å². The molecule has 0 atom stereocenters. The molecule has 0 spiro atoms. The van der Waals surface area contributed by atoms with E-state index in [0.717, 1.165) is 55.4 Å². The first kappa shape index (κ1) is 19.4. The van der Waals surface area contributed by atoms with E-state index in [-0.39, 0.29) is 0 Å². The monoisotopic (exact) mass is 409 g/mol. The zero-order valence-electron chi connectivity index (χ0n) is 17.8. The Labute approximate surface area is 183 Å². The van der Waals surface area contributed by atoms with E-state index < -0.39 is 0 Å². The Morgan fingerprint density at radius 1 is 0.742 bits per heavy atom. The van der Waals surface area contributed by atoms with Gasteiger partial charge in [0.05, 0.1) is 5.52 Å². The van der Waals surface area contributed by atoms with E-state index in [0.29, 0.717) is 0 Å². The molecule has 1 aliphatic rings. The largest absolute Gasteiger partial charge is 0.368 e. The maximum absolute atomic E-state index is 4.93. The summed E-state index contributed by atoms with van der Waals surface area (Å²) in [6.45, 7) is 6.61. The van der Waals surface area contributed by atoms with E-state index in [2.05, 4.69) is 82.7 Å². The molecule has 31 heavy (non-hydrogen) atoms. The average molecular weight is 410 g/mol. The van der Waals surface area contributed by atoms with E-state index in [1.165, 1.54) is 16.8 Å². The van der Waals surface area contributed by atoms with Gasteiger partial charge in [0.15, 0.2) is 0 Å². The topological polar surface area (TPSA) is 44.3 Å². The van der Waals surface area contributed by atoms with Crippen molar-refractivity contribution in [1.82, 2.24) is 9.97 Å². The van der Waals surface area contributed by atoms with Gasteiger partial charge in [0.2, 0.25) is 5.95 Å². The molecule has 2 heterocycles. The van der Waals surface area contributed by atoms with Crippen LogP contribution in [0, 0.1) is 6.92 Å². The number of aryl methyl sites for hydroxylation is 1. The van der Waals surface area contributed by atoms with Crippen LogP contribution in [0.3, 0.4) is 0 Å². The van der Waals surface area contributed by atoms with Crippen LogP contribution in [0.25, 0.3) is 10.9 Å². The smallest absolute Gasteiger partial charge is 0.228 e. The minimum absolute atomic E-state index is 0.739. The maximum Gasteiger partial charge on any atom is 0.228 e. The number of para-hydroxylation sites is 1. The predicted molar refractivity (Wildman–Crippen MR) is 129 cm³/mol. The first-order chi connectivity index (χ1) is 15.3. The fraction of sp³-hybridized carbons (Fsp3) is 0.231. The van der Waals surface area contributed by atoms with Gasteiger partial charge in [0, 0.05) is 43.8 Å². The number of fused-ring (bicyclic) bond motifs is 1. The maximum atomic E-state index is 4.93. The highest BCUT2D eigenvalue weighted by atomic mass is 15.3. The van der Waals surface area contributed by atoms with Crippen LogP contribution in [-0.4, -0.2) is 36.1 Å². The SMILES string of the molecule is Cc1ccc(N2CCN(c3nc(NCc4ccccc4)c4ccccc4n3)CC2)cc1. The summed E-state index contributed by atoms with van der Waals surface area (Å²) >= 11 is 0. The Kier molecular flexibility index (Phi) is 5.40. The Morgan fingerprint density at radius 2 is 1.42 bits per heavy atom. The summed E-state index contributed by atoms with van der Waals surface area (Å²) in [5, 5.41) is 4.59. The van der Waals surface area contributed by atoms with Crippen LogP contribution in [0.1, 0.15) is 11.1 Å². The molecule has 1 aliphatic heterocycles. The Balaban J connectivity index is 1.35. The van der Waals surface area contributed by atoms with Gasteiger partial charge in [-0.15, -0.1) is 0 Å². The Morgan fingerprint density at radius 3 is 2.19 bits per heavy atom. The minimum atomic E-state index is 0.739. The van der Waals surface area contributed by atoms with Gasteiger partial charge in [-0.1, -0.05) is 60.2 Å². The highest BCUT2D eigenvalue weighted by Gasteiger charge is 2.20. The van der Waals surface area contributed by atoms with Crippen LogP contribution in [0.15, 0.2) is 78.9 Å². The fourth-order valence-electron chi connectivity index (χ4n) is 4.04. The molecule has 156 valence electrons. The van der Waals surface area contributed by atoms with Gasteiger partial charge in [-0.25, -0.2) is 4.98 Å². The molecule has 5 nitrogen and oxygen atoms in total. The summed E-state index contributed by atoms with van der Waals surface area (Å²) in [4.78, 5) is 14.5. The van der Waals surface area contributed by atoms with Crippen molar-refractivity contribution >= 4 is 28.4 Å². The molecule has 0 amide bonds. The molecule has 0 bridgehead atoms. The highest BCUT2D eigenvalue weighted by Crippen LogP contribution is 2.25. The molecule has 0 aliphatic carbocycles. The van der Waals surface area contributed by atoms with Crippen molar-refractivity contribution in [3.05, 3.63) is 90.0 Å². The van der Waals surface area contributed by atoms with Crippen LogP contribution in [0.5, 0.6) is 0 Å². The summed E-state index contributed by atoms with van der Waals surface area (Å²) in [5.41, 5.74) is 4.79. The minimum Gasteiger partial charge on any atom is -0.368 e. The number of hydrogen-bond donors (Lipinski definition) is 1. The molecular formula is C26H27N5. The number of nitrogens with zero attached hydrogens (tertiary/aromatic N) is 4. The van der Waals surface area contributed by atoms with Crippen molar-refractivity contribution < 1.29 is 0 Å². The molecule has 3 aromatic carbocycles. The number of benzene rings is 3. The number of rotatable bonds is 5. The zero-order chi connectivity index (χ0) is 21.0. The highest BCUT2D eigenvalue weighted by molar-refractivity contribution is 5.90. The summed E-state index contributed by atoms with van der Waals surface area (Å²) in [7, 11) is 0. The third-order valence-electron chi connectivity index (χ3n) is 5.86. The van der Waals surface area contributed by atoms with Crippen molar-refractivity contribution in [1.29, 1.82) is 0 Å². The molecule has 0 unspecified atom stereocenters. The van der Waals surface area contributed by atoms with Gasteiger partial charge in [0.25, 0.3) is 0 Å². The fourth-order valence-corrected chi connectivity index (χ4v) is 4.04. The number of hydrogen-bond acceptors (Lipinski definition) is 5. The van der Waals surface area contributed by atoms with E-state index in [1.807, 2.05) is 18.2 Å². The first-order valence-corrected chi connectivity index (χ1v) is 10.9. The summed E-state index contributed by atoms with van der Waals surface area (Å²) < 4.78 is 0. The Hall–Kier alpha value is -3.60. The molecule has 1 aromatic heterocycles. The third kappa shape index (κ3) is 4.31. The first-order valence-electron chi connectivity index (χ1n) is 10.9. The second kappa shape index (κ2) is 8.64. The molecule has 0 saturated carbocycles. The molecule has 4 aromatic rings. The molecule has 1 N–H and O–H groups in total. The van der Waals surface area contributed by atoms with Crippen molar-refractivity contribution in [2.45, 2.75) is 13.5 Å². The summed E-state index contributed by atoms with van der Waals surface area (Å²) in [6, 6.07) is 27.4. The van der Waals surface area contributed by atoms with Crippen LogP contribution < -0.4 is 15.1 Å². The quantitative estimate of drug-likeness (QED) is 0.509. The number of nitrogens with one attached hydrogen (secondary N) is 1. The lowest BCUT2D eigenvalue weighted by molar-refractivity contribution is 0.641. The van der Waals surface area contributed by atoms with Gasteiger partial charge >= 0.3 is 0 Å². The normalized spacial score (nSPS) is 14.1. The summed E-state index contributed by atoms with van der Waals surface area (Å²) in [6.07, 6.45) is 0. The standard InChI is InChI=1S/C26H27N5/c1-20-11-13-22(14-12-20)30-15-17-31(18-16-30)26-28-24-10-6-5-9-23(24)25(29-26)27-19-21-7-3-2-4-8-21/h2-14H,15-19H2,1H3,(H,27,28,29). The molecular weight excluding hydrogens is 382 g/mol. The number of anilines is 3. The van der Waals surface area contributed by atoms with Crippen LogP contribution in [-0.2, 0) is 6.54 Å². The molecule has 1 saturated heterocycles. The van der Waals surface area contributed by atoms with E-state index >= 15 is 0 Å². The van der Waals surface area contributed by atoms with Gasteiger partial charge in [-0.3, -0.25) is 0 Å². The van der Waals surface area contributed by atoms with Crippen molar-refractivity contribution in [2.24, 2.45) is 0 Å². The van der Waals surface area contributed by atoms with E-state index in [1.54, 1.807) is 0 Å². The number of aromatic nitrogens is 2. The van der Waals surface area contributed by atoms with Crippen LogP contribution >= 0.6 is 0 Å². The van der Waals surface area contributed by atoms with Gasteiger partial charge < -0.3 is 15.1 Å². The Bertz CT molecular complexity index is 1150.